The summed E-state index contributed by atoms with van der Waals surface area (Å²) in [6.45, 7) is 0. The van der Waals surface area contributed by atoms with Crippen molar-refractivity contribution < 1.29 is 18.0 Å². The van der Waals surface area contributed by atoms with Gasteiger partial charge in [0.25, 0.3) is 5.91 Å². The van der Waals surface area contributed by atoms with Crippen LogP contribution in [0.2, 0.25) is 0 Å². The average Bonchev–Trinajstić information content (AvgIpc) is 2.13. The molecule has 1 rings (SSSR count). The van der Waals surface area contributed by atoms with Crippen LogP contribution in [0.4, 0.5) is 13.2 Å². The highest BCUT2D eigenvalue weighted by molar-refractivity contribution is 5.94. The molecule has 14 heavy (non-hydrogen) atoms. The molecule has 0 saturated heterocycles. The van der Waals surface area contributed by atoms with Gasteiger partial charge in [0.1, 0.15) is 0 Å². The molecule has 1 aromatic rings. The van der Waals surface area contributed by atoms with Crippen LogP contribution < -0.4 is 0 Å². The van der Waals surface area contributed by atoms with Crippen LogP contribution in [0.1, 0.15) is 10.4 Å². The lowest BCUT2D eigenvalue weighted by Gasteiger charge is -2.10. The van der Waals surface area contributed by atoms with E-state index in [1.807, 2.05) is 0 Å². The first-order valence-corrected chi connectivity index (χ1v) is 3.80. The molecule has 0 bridgehead atoms. The second kappa shape index (κ2) is 3.69. The van der Waals surface area contributed by atoms with Crippen LogP contribution in [0.5, 0.6) is 0 Å². The number of hydrogen-bond acceptors (Lipinski definition) is 1. The van der Waals surface area contributed by atoms with E-state index in [1.54, 1.807) is 0 Å². The monoisotopic (exact) mass is 203 g/mol. The Bertz CT molecular complexity index is 377. The average molecular weight is 203 g/mol. The summed E-state index contributed by atoms with van der Waals surface area (Å²) in [5, 5.41) is 0. The fourth-order valence-corrected chi connectivity index (χ4v) is 0.932. The molecule has 0 spiro atoms. The number of carbonyl (C=O) groups is 1. The van der Waals surface area contributed by atoms with Crippen LogP contribution in [0, 0.1) is 17.5 Å². The largest absolute Gasteiger partial charge is 0.345 e. The Hall–Kier alpha value is -1.52. The van der Waals surface area contributed by atoms with E-state index in [4.69, 9.17) is 0 Å². The summed E-state index contributed by atoms with van der Waals surface area (Å²) in [5.74, 6) is -5.10. The van der Waals surface area contributed by atoms with Gasteiger partial charge >= 0.3 is 0 Å². The Morgan fingerprint density at radius 1 is 1.14 bits per heavy atom. The maximum absolute atomic E-state index is 13.0. The second-order valence-corrected chi connectivity index (χ2v) is 2.92. The third kappa shape index (κ3) is 1.71. The number of nitrogens with zero attached hydrogens (tertiary/aromatic N) is 1. The van der Waals surface area contributed by atoms with E-state index >= 15 is 0 Å². The normalized spacial score (nSPS) is 10.1. The number of carbonyl (C=O) groups excluding carboxylic acids is 1. The molecule has 1 amide bonds. The van der Waals surface area contributed by atoms with Crippen molar-refractivity contribution in [2.24, 2.45) is 0 Å². The van der Waals surface area contributed by atoms with Crippen molar-refractivity contribution in [1.82, 2.24) is 4.90 Å². The van der Waals surface area contributed by atoms with Crippen molar-refractivity contribution in [3.05, 3.63) is 35.1 Å². The zero-order chi connectivity index (χ0) is 10.9. The van der Waals surface area contributed by atoms with Gasteiger partial charge in [-0.15, -0.1) is 0 Å². The zero-order valence-electron chi connectivity index (χ0n) is 7.64. The van der Waals surface area contributed by atoms with E-state index in [2.05, 4.69) is 0 Å². The quantitative estimate of drug-likeness (QED) is 0.637. The van der Waals surface area contributed by atoms with Crippen LogP contribution in [0.15, 0.2) is 12.1 Å². The van der Waals surface area contributed by atoms with E-state index in [0.717, 1.165) is 17.0 Å². The van der Waals surface area contributed by atoms with Gasteiger partial charge in [0, 0.05) is 14.1 Å². The topological polar surface area (TPSA) is 20.3 Å². The van der Waals surface area contributed by atoms with Gasteiger partial charge in [0.2, 0.25) is 0 Å². The van der Waals surface area contributed by atoms with Crippen LogP contribution in [0.3, 0.4) is 0 Å². The lowest BCUT2D eigenvalue weighted by atomic mass is 10.2. The van der Waals surface area contributed by atoms with Crippen molar-refractivity contribution in [3.63, 3.8) is 0 Å². The molecule has 0 fully saturated rings. The Labute approximate surface area is 78.9 Å². The molecule has 0 atom stereocenters. The van der Waals surface area contributed by atoms with E-state index < -0.39 is 28.9 Å². The van der Waals surface area contributed by atoms with Gasteiger partial charge < -0.3 is 4.90 Å². The zero-order valence-corrected chi connectivity index (χ0v) is 7.64. The highest BCUT2D eigenvalue weighted by atomic mass is 19.2. The Balaban J connectivity index is 3.24. The first-order valence-electron chi connectivity index (χ1n) is 3.80. The smallest absolute Gasteiger partial charge is 0.256 e. The number of benzene rings is 1. The summed E-state index contributed by atoms with van der Waals surface area (Å²) in [5.41, 5.74) is -0.478. The fraction of sp³-hybridized carbons (Fsp3) is 0.222. The second-order valence-electron chi connectivity index (χ2n) is 2.92. The predicted octanol–water partition coefficient (Wildman–Crippen LogP) is 1.81. The van der Waals surface area contributed by atoms with Gasteiger partial charge in [-0.05, 0) is 12.1 Å². The van der Waals surface area contributed by atoms with E-state index in [0.29, 0.717) is 0 Å². The molecule has 0 radical (unpaired) electrons. The SMILES string of the molecule is CN(C)C(=O)c1ccc(F)c(F)c1F. The summed E-state index contributed by atoms with van der Waals surface area (Å²) < 4.78 is 38.2. The summed E-state index contributed by atoms with van der Waals surface area (Å²) in [7, 11) is 2.78. The minimum absolute atomic E-state index is 0.478. The Morgan fingerprint density at radius 3 is 2.21 bits per heavy atom. The summed E-state index contributed by atoms with van der Waals surface area (Å²) in [4.78, 5) is 12.3. The summed E-state index contributed by atoms with van der Waals surface area (Å²) in [6.07, 6.45) is 0. The molecule has 0 saturated carbocycles. The van der Waals surface area contributed by atoms with Crippen molar-refractivity contribution in [1.29, 1.82) is 0 Å². The first-order chi connectivity index (χ1) is 6.45. The maximum atomic E-state index is 13.0. The molecule has 0 aliphatic rings. The third-order valence-corrected chi connectivity index (χ3v) is 1.67. The highest BCUT2D eigenvalue weighted by Crippen LogP contribution is 2.15. The predicted molar refractivity (Wildman–Crippen MR) is 44.3 cm³/mol. The van der Waals surface area contributed by atoms with Crippen molar-refractivity contribution in [2.75, 3.05) is 14.1 Å². The molecule has 1 aromatic carbocycles. The molecule has 5 heteroatoms. The lowest BCUT2D eigenvalue weighted by molar-refractivity contribution is 0.0821. The van der Waals surface area contributed by atoms with E-state index in [9.17, 15) is 18.0 Å². The molecular formula is C9H8F3NO. The van der Waals surface area contributed by atoms with Crippen molar-refractivity contribution >= 4 is 5.91 Å². The molecule has 2 nitrogen and oxygen atoms in total. The molecular weight excluding hydrogens is 195 g/mol. The first kappa shape index (κ1) is 10.6. The summed E-state index contributed by atoms with van der Waals surface area (Å²) in [6, 6.07) is 1.63. The maximum Gasteiger partial charge on any atom is 0.256 e. The molecule has 0 heterocycles. The fourth-order valence-electron chi connectivity index (χ4n) is 0.932. The molecule has 0 N–H and O–H groups in total. The molecule has 0 aromatic heterocycles. The standard InChI is InChI=1S/C9H8F3NO/c1-13(2)9(14)5-3-4-6(10)8(12)7(5)11/h3-4H,1-2H3. The van der Waals surface area contributed by atoms with Crippen LogP contribution in [-0.4, -0.2) is 24.9 Å². The van der Waals surface area contributed by atoms with E-state index in [-0.39, 0.29) is 0 Å². The van der Waals surface area contributed by atoms with Gasteiger partial charge in [-0.25, -0.2) is 13.2 Å². The Kier molecular flexibility index (Phi) is 2.78. The van der Waals surface area contributed by atoms with Crippen LogP contribution >= 0.6 is 0 Å². The third-order valence-electron chi connectivity index (χ3n) is 1.67. The van der Waals surface area contributed by atoms with Crippen molar-refractivity contribution in [2.45, 2.75) is 0 Å². The van der Waals surface area contributed by atoms with Crippen LogP contribution in [0.25, 0.3) is 0 Å². The minimum atomic E-state index is -1.63. The Morgan fingerprint density at radius 2 is 1.71 bits per heavy atom. The van der Waals surface area contributed by atoms with Gasteiger partial charge in [-0.3, -0.25) is 4.79 Å². The number of rotatable bonds is 1. The van der Waals surface area contributed by atoms with Gasteiger partial charge in [0.05, 0.1) is 5.56 Å². The highest BCUT2D eigenvalue weighted by Gasteiger charge is 2.19. The number of halogens is 3. The molecule has 0 aliphatic heterocycles. The van der Waals surface area contributed by atoms with Crippen LogP contribution in [-0.2, 0) is 0 Å². The summed E-state index contributed by atoms with van der Waals surface area (Å²) >= 11 is 0. The van der Waals surface area contributed by atoms with Crippen molar-refractivity contribution in [3.8, 4) is 0 Å². The van der Waals surface area contributed by atoms with Gasteiger partial charge in [-0.2, -0.15) is 0 Å². The molecule has 76 valence electrons. The number of amides is 1. The minimum Gasteiger partial charge on any atom is -0.345 e. The molecule has 0 aliphatic carbocycles. The number of hydrogen-bond donors (Lipinski definition) is 0. The van der Waals surface area contributed by atoms with Gasteiger partial charge in [-0.1, -0.05) is 0 Å². The molecule has 0 unspecified atom stereocenters. The van der Waals surface area contributed by atoms with E-state index in [1.165, 1.54) is 14.1 Å². The van der Waals surface area contributed by atoms with Gasteiger partial charge in [0.15, 0.2) is 17.5 Å². The lowest BCUT2D eigenvalue weighted by Crippen LogP contribution is -2.23.